The number of carbonyl (C=O) groups is 6. The van der Waals surface area contributed by atoms with Gasteiger partial charge in [-0.05, 0) is 182 Å². The molecule has 12 aromatic rings. The van der Waals surface area contributed by atoms with Crippen LogP contribution >= 0.6 is 34.8 Å². The van der Waals surface area contributed by atoms with Gasteiger partial charge in [-0.3, -0.25) is 9.59 Å². The van der Waals surface area contributed by atoms with Gasteiger partial charge < -0.3 is 62.8 Å². The average molecular weight is 2180 g/mol. The molecule has 0 saturated carbocycles. The summed E-state index contributed by atoms with van der Waals surface area (Å²) in [5.74, 6) is -0.747. The Bertz CT molecular complexity index is 6080. The first-order valence-corrected chi connectivity index (χ1v) is 42.9. The summed E-state index contributed by atoms with van der Waals surface area (Å²) < 4.78 is 28.2. The number of anilines is 3. The maximum absolute atomic E-state index is 14.0. The van der Waals surface area contributed by atoms with Gasteiger partial charge in [0, 0.05) is 192 Å². The molecular weight excluding hydrogens is 2070 g/mol. The Hall–Kier alpha value is -9.81. The van der Waals surface area contributed by atoms with Gasteiger partial charge in [-0.2, -0.15) is 0 Å². The Kier molecular flexibility index (Phi) is 32.7. The number of aromatic nitrogens is 6. The van der Waals surface area contributed by atoms with Crippen molar-refractivity contribution in [1.29, 1.82) is 0 Å². The van der Waals surface area contributed by atoms with Crippen LogP contribution in [-0.4, -0.2) is 174 Å². The quantitative estimate of drug-likeness (QED) is 0.0852. The third-order valence-electron chi connectivity index (χ3n) is 22.1. The summed E-state index contributed by atoms with van der Waals surface area (Å²) >= 11 is 18.1. The summed E-state index contributed by atoms with van der Waals surface area (Å²) in [6, 6.07) is 43.9. The van der Waals surface area contributed by atoms with E-state index < -0.39 is 29.0 Å². The Morgan fingerprint density at radius 1 is 0.414 bits per heavy atom. The van der Waals surface area contributed by atoms with Crippen molar-refractivity contribution < 1.29 is 122 Å². The van der Waals surface area contributed by atoms with Crippen LogP contribution in [0.4, 0.5) is 17.5 Å². The van der Waals surface area contributed by atoms with Gasteiger partial charge in [0.25, 0.3) is 11.8 Å². The second-order valence-corrected chi connectivity index (χ2v) is 37.9. The number of aromatic carboxylic acids is 2. The molecule has 3 N–H and O–H groups in total. The van der Waals surface area contributed by atoms with Crippen LogP contribution < -0.4 is 20.0 Å². The number of halogens is 3. The SMILES string of the molecule is CC(C)(C)c1cc(-c2ccc(Cl)cc2)nc2cc(C(=O)O)oc12.CCOC(=O)c1ccc(C)c(N2CCN(C(=O)c3cc4nc(-c5ccc(Cl)cc5)cc(C(C)(C)C)c4o3)C(C)(C)C2)n1.CCOC(=O)c1ccc(C)c(N2CCNC(C)(C)C2)n1.Cc1ccc(C(=O)O)nc1N1CCN(C(=O)c2cc3nc(-c4ccc(Cl)cc4)cc(C(C)(C)C)c3o2)C(C)(C)C1.[V].[W].[W]. The molecule has 25 nitrogen and oxygen atoms in total. The van der Waals surface area contributed by atoms with E-state index >= 15 is 0 Å². The van der Waals surface area contributed by atoms with Gasteiger partial charge in [0.05, 0.1) is 41.4 Å². The van der Waals surface area contributed by atoms with E-state index in [2.05, 4.69) is 111 Å². The van der Waals surface area contributed by atoms with Crippen molar-refractivity contribution in [3.8, 4) is 33.8 Å². The monoisotopic (exact) mass is 2170 g/mol. The normalized spacial score (nSPS) is 14.8. The molecule has 0 atom stereocenters. The van der Waals surface area contributed by atoms with Crippen LogP contribution in [0.15, 0.2) is 159 Å². The zero-order chi connectivity index (χ0) is 90.9. The molecule has 0 spiro atoms. The average Bonchev–Trinajstić information content (AvgIpc) is 1.62. The van der Waals surface area contributed by atoms with E-state index in [1.807, 2.05) is 154 Å². The largest absolute Gasteiger partial charge is 0.477 e. The topological polar surface area (TPSA) is 306 Å². The number of fused-ring (bicyclic) bond motifs is 3. The molecule has 0 bridgehead atoms. The summed E-state index contributed by atoms with van der Waals surface area (Å²) in [6.07, 6.45) is 0. The third-order valence-corrected chi connectivity index (χ3v) is 22.8. The molecule has 31 heteroatoms. The van der Waals surface area contributed by atoms with Gasteiger partial charge in [0.15, 0.2) is 45.4 Å². The number of rotatable bonds is 14. The summed E-state index contributed by atoms with van der Waals surface area (Å²) in [7, 11) is 0. The number of benzene rings is 3. The van der Waals surface area contributed by atoms with Gasteiger partial charge in [0.1, 0.15) is 34.0 Å². The fraction of sp³-hybridized carbons (Fsp3) is 0.381. The maximum atomic E-state index is 14.0. The van der Waals surface area contributed by atoms with Crippen molar-refractivity contribution in [3.05, 3.63) is 228 Å². The Morgan fingerprint density at radius 3 is 1.02 bits per heavy atom. The number of nitrogens with zero attached hydrogens (tertiary/aromatic N) is 11. The molecule has 3 fully saturated rings. The van der Waals surface area contributed by atoms with Gasteiger partial charge in [-0.1, -0.05) is 152 Å². The fourth-order valence-electron chi connectivity index (χ4n) is 15.6. The zero-order valence-electron chi connectivity index (χ0n) is 75.8. The number of carboxylic acids is 2. The van der Waals surface area contributed by atoms with E-state index in [1.165, 1.54) is 12.1 Å². The summed E-state index contributed by atoms with van der Waals surface area (Å²) in [4.78, 5) is 112. The number of pyridine rings is 6. The number of hydrogen-bond donors (Lipinski definition) is 3. The van der Waals surface area contributed by atoms with E-state index in [0.717, 1.165) is 98.4 Å². The van der Waals surface area contributed by atoms with E-state index in [9.17, 15) is 33.9 Å². The number of ether oxygens (including phenoxy) is 2. The number of carbonyl (C=O) groups excluding carboxylic acids is 4. The minimum atomic E-state index is -1.10. The second-order valence-electron chi connectivity index (χ2n) is 36.6. The van der Waals surface area contributed by atoms with Crippen LogP contribution in [-0.2, 0) is 86.4 Å². The molecule has 128 heavy (non-hydrogen) atoms. The molecule has 3 aromatic carbocycles. The minimum absolute atomic E-state index is 0. The first-order valence-electron chi connectivity index (χ1n) is 41.7. The molecular formula is C97H109Cl3N12O13VW2. The summed E-state index contributed by atoms with van der Waals surface area (Å²) in [6.45, 7) is 47.0. The van der Waals surface area contributed by atoms with E-state index in [0.29, 0.717) is 106 Å². The predicted molar refractivity (Wildman–Crippen MR) is 491 cm³/mol. The number of furan rings is 3. The molecule has 3 aliphatic rings. The van der Waals surface area contributed by atoms with Crippen LogP contribution in [0.1, 0.15) is 214 Å². The zero-order valence-corrected chi connectivity index (χ0v) is 85.4. The van der Waals surface area contributed by atoms with Gasteiger partial charge in [-0.25, -0.2) is 49.1 Å². The minimum Gasteiger partial charge on any atom is -0.477 e. The number of piperazine rings is 3. The summed E-state index contributed by atoms with van der Waals surface area (Å²) in [5, 5.41) is 24.0. The summed E-state index contributed by atoms with van der Waals surface area (Å²) in [5.41, 5.74) is 13.3. The van der Waals surface area contributed by atoms with Crippen LogP contribution in [0, 0.1) is 20.8 Å². The van der Waals surface area contributed by atoms with Crippen LogP contribution in [0.2, 0.25) is 15.1 Å². The van der Waals surface area contributed by atoms with Crippen molar-refractivity contribution >= 4 is 121 Å². The third kappa shape index (κ3) is 23.7. The molecule has 9 aromatic heterocycles. The van der Waals surface area contributed by atoms with Crippen molar-refractivity contribution in [2.75, 3.05) is 86.8 Å². The maximum Gasteiger partial charge on any atom is 0.371 e. The number of carboxylic acid groups (broad SMARTS) is 2. The van der Waals surface area contributed by atoms with E-state index in [1.54, 1.807) is 56.3 Å². The Morgan fingerprint density at radius 2 is 0.719 bits per heavy atom. The van der Waals surface area contributed by atoms with Crippen molar-refractivity contribution in [2.45, 2.75) is 171 Å². The fourth-order valence-corrected chi connectivity index (χ4v) is 16.0. The smallest absolute Gasteiger partial charge is 0.371 e. The van der Waals surface area contributed by atoms with E-state index in [-0.39, 0.29) is 136 Å². The molecule has 3 aliphatic heterocycles. The van der Waals surface area contributed by atoms with Crippen molar-refractivity contribution in [2.24, 2.45) is 0 Å². The molecule has 2 amide bonds. The first kappa shape index (κ1) is 102. The van der Waals surface area contributed by atoms with Gasteiger partial charge in [-0.15, -0.1) is 0 Å². The van der Waals surface area contributed by atoms with Crippen LogP contribution in [0.5, 0.6) is 0 Å². The molecule has 3 saturated heterocycles. The van der Waals surface area contributed by atoms with Crippen molar-refractivity contribution in [3.63, 3.8) is 0 Å². The second kappa shape index (κ2) is 41.1. The number of amides is 2. The molecule has 15 rings (SSSR count). The Labute approximate surface area is 802 Å². The van der Waals surface area contributed by atoms with Gasteiger partial charge in [0.2, 0.25) is 5.76 Å². The molecule has 0 aliphatic carbocycles. The Balaban J connectivity index is 0.000000200. The van der Waals surface area contributed by atoms with E-state index in [4.69, 9.17) is 72.6 Å². The number of hydrogen-bond acceptors (Lipinski definition) is 21. The number of esters is 2. The predicted octanol–water partition coefficient (Wildman–Crippen LogP) is 20.5. The molecule has 12 heterocycles. The molecule has 0 unspecified atom stereocenters. The number of aryl methyl sites for hydroxylation is 3. The molecule has 1 radical (unpaired) electrons. The van der Waals surface area contributed by atoms with Crippen molar-refractivity contribution in [1.82, 2.24) is 45.0 Å². The standard InChI is InChI=1S/C33H37ClN4O4.C31H33ClN4O4.C18H16ClNO3.C15H23N3O2.V.2W/c1-8-41-31(40)24-14-9-20(2)29(36-24)37-15-16-38(33(6,7)19-37)30(39)27-18-26-28(42-27)23(32(3,4)5)17-25(35-26)21-10-12-22(34)13-11-21;1-18-7-12-22(29(38)39)34-27(18)35-13-14-36(31(5,6)17-35)28(37)25-16-24-26(40-25)21(30(2,3)4)15-23(33-24)19-8-10-20(32)11-9-19;1-18(2,3)12-8-13(10-4-6-11(19)7-5-10)20-14-9-15(17(21)22)23-16(12)14;1-5-20-14(19)12-7-6-11(2)13(17-12)18-9-8-16-15(3,4)10-18;;;/h9-14,17-18H,8,15-16,19H2,1-7H3;7-12,15-16H,13-14,17H2,1-6H3,(H,38,39);4-9H,1-3H3,(H,21,22);6-7,16H,5,8-10H2,1-4H3;;;. The number of nitrogens with one attached hydrogen (secondary N) is 1. The van der Waals surface area contributed by atoms with Crippen LogP contribution in [0.25, 0.3) is 67.1 Å². The first-order chi connectivity index (χ1) is 58.7. The van der Waals surface area contributed by atoms with Crippen LogP contribution in [0.3, 0.4) is 0 Å². The molecule has 673 valence electrons. The van der Waals surface area contributed by atoms with Gasteiger partial charge >= 0.3 is 23.9 Å².